The van der Waals surface area contributed by atoms with Crippen LogP contribution < -0.4 is 0 Å². The Morgan fingerprint density at radius 1 is 1.43 bits per heavy atom. The number of rotatable bonds is 3. The van der Waals surface area contributed by atoms with Crippen LogP contribution >= 0.6 is 0 Å². The van der Waals surface area contributed by atoms with Gasteiger partial charge in [-0.05, 0) is 41.9 Å². The first-order valence-electron chi connectivity index (χ1n) is 5.37. The molecule has 1 aliphatic carbocycles. The molecule has 0 saturated carbocycles. The number of carbonyl (C=O) groups is 1. The lowest BCUT2D eigenvalue weighted by Gasteiger charge is -2.13. The Labute approximate surface area is 85.1 Å². The third kappa shape index (κ3) is 1.59. The second-order valence-electron chi connectivity index (χ2n) is 4.14. The Morgan fingerprint density at radius 3 is 3.07 bits per heavy atom. The van der Waals surface area contributed by atoms with Crippen molar-refractivity contribution in [3.63, 3.8) is 0 Å². The molecule has 0 N–H and O–H groups in total. The number of benzene rings is 1. The highest BCUT2D eigenvalue weighted by molar-refractivity contribution is 5.52. The minimum Gasteiger partial charge on any atom is -0.303 e. The van der Waals surface area contributed by atoms with Gasteiger partial charge in [0.1, 0.15) is 6.29 Å². The summed E-state index contributed by atoms with van der Waals surface area (Å²) in [6.45, 7) is 2.14. The van der Waals surface area contributed by atoms with Gasteiger partial charge in [-0.25, -0.2) is 0 Å². The van der Waals surface area contributed by atoms with Crippen LogP contribution in [-0.4, -0.2) is 6.29 Å². The molecular formula is C13H16O. The second-order valence-corrected chi connectivity index (χ2v) is 4.14. The molecule has 14 heavy (non-hydrogen) atoms. The van der Waals surface area contributed by atoms with Gasteiger partial charge < -0.3 is 4.79 Å². The number of hydrogen-bond donors (Lipinski definition) is 0. The van der Waals surface area contributed by atoms with Crippen molar-refractivity contribution in [1.29, 1.82) is 0 Å². The lowest BCUT2D eigenvalue weighted by atomic mass is 9.92. The average molecular weight is 188 g/mol. The zero-order valence-electron chi connectivity index (χ0n) is 8.62. The van der Waals surface area contributed by atoms with E-state index in [1.54, 1.807) is 0 Å². The van der Waals surface area contributed by atoms with E-state index in [2.05, 4.69) is 25.1 Å². The molecule has 74 valence electrons. The van der Waals surface area contributed by atoms with E-state index in [1.165, 1.54) is 36.0 Å². The molecule has 0 radical (unpaired) electrons. The smallest absolute Gasteiger partial charge is 0.120 e. The van der Waals surface area contributed by atoms with Crippen molar-refractivity contribution >= 4 is 6.29 Å². The first kappa shape index (κ1) is 9.45. The van der Waals surface area contributed by atoms with Gasteiger partial charge in [-0.15, -0.1) is 0 Å². The van der Waals surface area contributed by atoms with E-state index < -0.39 is 0 Å². The quantitative estimate of drug-likeness (QED) is 0.667. The maximum absolute atomic E-state index is 10.5. The van der Waals surface area contributed by atoms with Crippen molar-refractivity contribution in [2.24, 2.45) is 0 Å². The van der Waals surface area contributed by atoms with E-state index in [4.69, 9.17) is 0 Å². The molecule has 1 nitrogen and oxygen atoms in total. The van der Waals surface area contributed by atoms with Crippen LogP contribution in [0.15, 0.2) is 18.2 Å². The Morgan fingerprint density at radius 2 is 2.29 bits per heavy atom. The van der Waals surface area contributed by atoms with Gasteiger partial charge in [0.05, 0.1) is 0 Å². The Kier molecular flexibility index (Phi) is 2.67. The molecule has 1 unspecified atom stereocenters. The molecule has 1 aliphatic rings. The van der Waals surface area contributed by atoms with Crippen LogP contribution in [0.25, 0.3) is 0 Å². The summed E-state index contributed by atoms with van der Waals surface area (Å²) >= 11 is 0. The molecule has 0 amide bonds. The summed E-state index contributed by atoms with van der Waals surface area (Å²) in [5, 5.41) is 0. The van der Waals surface area contributed by atoms with Crippen LogP contribution in [-0.2, 0) is 17.6 Å². The first-order valence-corrected chi connectivity index (χ1v) is 5.37. The summed E-state index contributed by atoms with van der Waals surface area (Å²) in [5.41, 5.74) is 4.41. The van der Waals surface area contributed by atoms with Crippen LogP contribution in [0.5, 0.6) is 0 Å². The summed E-state index contributed by atoms with van der Waals surface area (Å²) in [7, 11) is 0. The molecule has 1 aromatic carbocycles. The maximum Gasteiger partial charge on any atom is 0.120 e. The van der Waals surface area contributed by atoms with Gasteiger partial charge in [0.15, 0.2) is 0 Å². The molecule has 1 atom stereocenters. The van der Waals surface area contributed by atoms with Crippen LogP contribution in [0, 0.1) is 0 Å². The van der Waals surface area contributed by atoms with Crippen molar-refractivity contribution in [2.75, 3.05) is 0 Å². The number of fused-ring (bicyclic) bond motifs is 1. The molecule has 2 rings (SSSR count). The average Bonchev–Trinajstić information content (AvgIpc) is 2.65. The molecule has 1 aromatic rings. The minimum atomic E-state index is 0.389. The third-order valence-electron chi connectivity index (χ3n) is 3.16. The van der Waals surface area contributed by atoms with E-state index in [0.717, 1.165) is 6.29 Å². The van der Waals surface area contributed by atoms with Gasteiger partial charge >= 0.3 is 0 Å². The van der Waals surface area contributed by atoms with E-state index >= 15 is 0 Å². The number of hydrogen-bond acceptors (Lipinski definition) is 1. The Hall–Kier alpha value is -1.11. The highest BCUT2D eigenvalue weighted by Gasteiger charge is 2.17. The van der Waals surface area contributed by atoms with Crippen molar-refractivity contribution in [3.8, 4) is 0 Å². The van der Waals surface area contributed by atoms with Gasteiger partial charge in [-0.3, -0.25) is 0 Å². The van der Waals surface area contributed by atoms with Crippen LogP contribution in [0.4, 0.5) is 0 Å². The molecule has 0 fully saturated rings. The van der Waals surface area contributed by atoms with Crippen molar-refractivity contribution in [2.45, 2.75) is 38.5 Å². The van der Waals surface area contributed by atoms with Crippen LogP contribution in [0.3, 0.4) is 0 Å². The van der Waals surface area contributed by atoms with Crippen molar-refractivity contribution in [3.05, 3.63) is 34.9 Å². The molecular weight excluding hydrogens is 172 g/mol. The summed E-state index contributed by atoms with van der Waals surface area (Å²) in [5.74, 6) is 0.389. The van der Waals surface area contributed by atoms with Crippen molar-refractivity contribution in [1.82, 2.24) is 0 Å². The van der Waals surface area contributed by atoms with Crippen LogP contribution in [0.2, 0.25) is 0 Å². The lowest BCUT2D eigenvalue weighted by Crippen LogP contribution is -1.99. The standard InChI is InChI=1S/C13H16O/c1-10(8-9-14)12-6-2-4-11-5-3-7-13(11)12/h2,4,6,9-10H,3,5,7-8H2,1H3. The fraction of sp³-hybridized carbons (Fsp3) is 0.462. The van der Waals surface area contributed by atoms with Crippen molar-refractivity contribution < 1.29 is 4.79 Å². The number of carbonyl (C=O) groups excluding carboxylic acids is 1. The maximum atomic E-state index is 10.5. The zero-order chi connectivity index (χ0) is 9.97. The zero-order valence-corrected chi connectivity index (χ0v) is 8.62. The SMILES string of the molecule is CC(CC=O)c1cccc2c1CCC2. The molecule has 0 aromatic heterocycles. The molecule has 1 heteroatoms. The molecule has 0 aliphatic heterocycles. The summed E-state index contributed by atoms with van der Waals surface area (Å²) in [4.78, 5) is 10.5. The van der Waals surface area contributed by atoms with Gasteiger partial charge in [0.2, 0.25) is 0 Å². The second kappa shape index (κ2) is 3.95. The summed E-state index contributed by atoms with van der Waals surface area (Å²) in [6, 6.07) is 6.53. The topological polar surface area (TPSA) is 17.1 Å². The largest absolute Gasteiger partial charge is 0.303 e. The predicted octanol–water partition coefficient (Wildman–Crippen LogP) is 2.87. The summed E-state index contributed by atoms with van der Waals surface area (Å²) < 4.78 is 0. The Bertz CT molecular complexity index is 341. The van der Waals surface area contributed by atoms with E-state index in [-0.39, 0.29) is 0 Å². The molecule has 0 heterocycles. The highest BCUT2D eigenvalue weighted by atomic mass is 16.1. The van der Waals surface area contributed by atoms with Crippen LogP contribution in [0.1, 0.15) is 42.4 Å². The monoisotopic (exact) mass is 188 g/mol. The normalized spacial score (nSPS) is 16.4. The molecule has 0 saturated heterocycles. The number of aryl methyl sites for hydroxylation is 1. The summed E-state index contributed by atoms with van der Waals surface area (Å²) in [6.07, 6.45) is 5.38. The van der Waals surface area contributed by atoms with Gasteiger partial charge in [-0.1, -0.05) is 25.1 Å². The van der Waals surface area contributed by atoms with Gasteiger partial charge in [-0.2, -0.15) is 0 Å². The van der Waals surface area contributed by atoms with E-state index in [9.17, 15) is 4.79 Å². The lowest BCUT2D eigenvalue weighted by molar-refractivity contribution is -0.108. The third-order valence-corrected chi connectivity index (χ3v) is 3.16. The minimum absolute atomic E-state index is 0.389. The fourth-order valence-electron chi connectivity index (χ4n) is 2.38. The number of aldehydes is 1. The first-order chi connectivity index (χ1) is 6.83. The molecule has 0 spiro atoms. The van der Waals surface area contributed by atoms with E-state index in [1.807, 2.05) is 0 Å². The Balaban J connectivity index is 2.34. The van der Waals surface area contributed by atoms with Gasteiger partial charge in [0.25, 0.3) is 0 Å². The van der Waals surface area contributed by atoms with E-state index in [0.29, 0.717) is 12.3 Å². The molecule has 0 bridgehead atoms. The van der Waals surface area contributed by atoms with Gasteiger partial charge in [0, 0.05) is 6.42 Å². The highest BCUT2D eigenvalue weighted by Crippen LogP contribution is 2.30. The predicted molar refractivity (Wildman–Crippen MR) is 57.6 cm³/mol. The fourth-order valence-corrected chi connectivity index (χ4v) is 2.38.